The van der Waals surface area contributed by atoms with Gasteiger partial charge in [-0.2, -0.15) is 0 Å². The van der Waals surface area contributed by atoms with Gasteiger partial charge in [-0.3, -0.25) is 0 Å². The topological polar surface area (TPSA) is 32.3 Å². The van der Waals surface area contributed by atoms with Crippen molar-refractivity contribution in [2.75, 3.05) is 6.61 Å². The third-order valence-corrected chi connectivity index (χ3v) is 3.95. The molecule has 1 aromatic carbocycles. The van der Waals surface area contributed by atoms with E-state index in [0.717, 1.165) is 6.54 Å². The highest BCUT2D eigenvalue weighted by molar-refractivity contribution is 5.30. The van der Waals surface area contributed by atoms with Crippen molar-refractivity contribution in [2.24, 2.45) is 5.92 Å². The van der Waals surface area contributed by atoms with Crippen LogP contribution < -0.4 is 5.32 Å². The molecule has 0 aromatic heterocycles. The molecule has 2 rings (SSSR count). The minimum Gasteiger partial charge on any atom is -0.396 e. The van der Waals surface area contributed by atoms with Gasteiger partial charge in [-0.15, -0.1) is 0 Å². The Kier molecular flexibility index (Phi) is 4.19. The van der Waals surface area contributed by atoms with Crippen LogP contribution in [0.2, 0.25) is 0 Å². The fourth-order valence-corrected chi connectivity index (χ4v) is 2.76. The highest BCUT2D eigenvalue weighted by Crippen LogP contribution is 2.25. The number of nitrogens with one attached hydrogen (secondary N) is 1. The molecule has 2 atom stereocenters. The molecule has 1 aliphatic carbocycles. The lowest BCUT2D eigenvalue weighted by Crippen LogP contribution is -2.33. The summed E-state index contributed by atoms with van der Waals surface area (Å²) in [7, 11) is 0. The van der Waals surface area contributed by atoms with Crippen LogP contribution in [0.3, 0.4) is 0 Å². The molecule has 0 heterocycles. The van der Waals surface area contributed by atoms with Crippen molar-refractivity contribution >= 4 is 0 Å². The molecule has 2 unspecified atom stereocenters. The van der Waals surface area contributed by atoms with E-state index in [9.17, 15) is 5.11 Å². The number of aliphatic hydroxyl groups is 1. The summed E-state index contributed by atoms with van der Waals surface area (Å²) in [4.78, 5) is 0. The first-order chi connectivity index (χ1) is 8.20. The predicted molar refractivity (Wildman–Crippen MR) is 71.0 cm³/mol. The van der Waals surface area contributed by atoms with Crippen molar-refractivity contribution < 1.29 is 5.11 Å². The summed E-state index contributed by atoms with van der Waals surface area (Å²) in [5, 5.41) is 12.9. The molecule has 2 heteroatoms. The lowest BCUT2D eigenvalue weighted by molar-refractivity contribution is 0.205. The molecule has 0 amide bonds. The summed E-state index contributed by atoms with van der Waals surface area (Å²) in [5.74, 6) is 0.458. The maximum absolute atomic E-state index is 9.29. The molecule has 1 aliphatic rings. The summed E-state index contributed by atoms with van der Waals surface area (Å²) in [6.45, 7) is 5.54. The first-order valence-electron chi connectivity index (χ1n) is 6.61. The normalized spacial score (nSPS) is 24.2. The first-order valence-corrected chi connectivity index (χ1v) is 6.61. The smallest absolute Gasteiger partial charge is 0.0474 e. The Balaban J connectivity index is 1.95. The molecular formula is C15H23NO. The van der Waals surface area contributed by atoms with Crippen LogP contribution in [0, 0.1) is 19.8 Å². The van der Waals surface area contributed by atoms with E-state index < -0.39 is 0 Å². The number of hydrogen-bond donors (Lipinski definition) is 2. The Bertz CT molecular complexity index is 375. The van der Waals surface area contributed by atoms with Gasteiger partial charge in [0.2, 0.25) is 0 Å². The minimum atomic E-state index is 0.324. The second kappa shape index (κ2) is 5.65. The van der Waals surface area contributed by atoms with Crippen LogP contribution in [0.1, 0.15) is 36.0 Å². The van der Waals surface area contributed by atoms with Gasteiger partial charge in [0.1, 0.15) is 0 Å². The highest BCUT2D eigenvalue weighted by Gasteiger charge is 2.25. The molecular weight excluding hydrogens is 210 g/mol. The van der Waals surface area contributed by atoms with Crippen LogP contribution in [0.15, 0.2) is 18.2 Å². The molecule has 1 saturated carbocycles. The molecule has 0 spiro atoms. The molecule has 0 bridgehead atoms. The molecule has 2 nitrogen and oxygen atoms in total. The SMILES string of the molecule is Cc1ccc(C)c(CNC2CCCC2CO)c1. The van der Waals surface area contributed by atoms with E-state index >= 15 is 0 Å². The molecule has 94 valence electrons. The average Bonchev–Trinajstić information content (AvgIpc) is 2.77. The van der Waals surface area contributed by atoms with Crippen molar-refractivity contribution in [3.63, 3.8) is 0 Å². The summed E-state index contributed by atoms with van der Waals surface area (Å²) in [6, 6.07) is 7.10. The quantitative estimate of drug-likeness (QED) is 0.837. The van der Waals surface area contributed by atoms with Crippen molar-refractivity contribution in [1.82, 2.24) is 5.32 Å². The van der Waals surface area contributed by atoms with Crippen molar-refractivity contribution in [3.05, 3.63) is 34.9 Å². The molecule has 1 aromatic rings. The number of benzene rings is 1. The maximum Gasteiger partial charge on any atom is 0.0474 e. The minimum absolute atomic E-state index is 0.324. The lowest BCUT2D eigenvalue weighted by atomic mass is 10.0. The third-order valence-electron chi connectivity index (χ3n) is 3.95. The van der Waals surface area contributed by atoms with Gasteiger partial charge in [-0.1, -0.05) is 30.2 Å². The van der Waals surface area contributed by atoms with Gasteiger partial charge in [-0.05, 0) is 43.7 Å². The summed E-state index contributed by atoms with van der Waals surface area (Å²) < 4.78 is 0. The second-order valence-corrected chi connectivity index (χ2v) is 5.29. The Morgan fingerprint density at radius 3 is 2.88 bits per heavy atom. The summed E-state index contributed by atoms with van der Waals surface area (Å²) >= 11 is 0. The fourth-order valence-electron chi connectivity index (χ4n) is 2.76. The second-order valence-electron chi connectivity index (χ2n) is 5.29. The maximum atomic E-state index is 9.29. The van der Waals surface area contributed by atoms with E-state index in [1.165, 1.54) is 36.0 Å². The van der Waals surface area contributed by atoms with Crippen molar-refractivity contribution in [3.8, 4) is 0 Å². The standard InChI is InChI=1S/C15H23NO/c1-11-6-7-12(2)14(8-11)9-16-15-5-3-4-13(15)10-17/h6-8,13,15-17H,3-5,9-10H2,1-2H3. The molecule has 2 N–H and O–H groups in total. The Labute approximate surface area is 104 Å². The van der Waals surface area contributed by atoms with Crippen LogP contribution in [-0.2, 0) is 6.54 Å². The molecule has 0 aliphatic heterocycles. The fraction of sp³-hybridized carbons (Fsp3) is 0.600. The highest BCUT2D eigenvalue weighted by atomic mass is 16.3. The zero-order chi connectivity index (χ0) is 12.3. The monoisotopic (exact) mass is 233 g/mol. The number of hydrogen-bond acceptors (Lipinski definition) is 2. The van der Waals surface area contributed by atoms with Gasteiger partial charge in [-0.25, -0.2) is 0 Å². The van der Waals surface area contributed by atoms with Gasteiger partial charge < -0.3 is 10.4 Å². The Morgan fingerprint density at radius 2 is 2.12 bits per heavy atom. The molecule has 17 heavy (non-hydrogen) atoms. The summed E-state index contributed by atoms with van der Waals surface area (Å²) in [6.07, 6.45) is 3.62. The van der Waals surface area contributed by atoms with E-state index in [-0.39, 0.29) is 0 Å². The lowest BCUT2D eigenvalue weighted by Gasteiger charge is -2.20. The van der Waals surface area contributed by atoms with Crippen molar-refractivity contribution in [1.29, 1.82) is 0 Å². The van der Waals surface area contributed by atoms with E-state index in [1.54, 1.807) is 0 Å². The van der Waals surface area contributed by atoms with Crippen LogP contribution in [0.5, 0.6) is 0 Å². The summed E-state index contributed by atoms with van der Waals surface area (Å²) in [5.41, 5.74) is 4.05. The van der Waals surface area contributed by atoms with Gasteiger partial charge in [0.25, 0.3) is 0 Å². The van der Waals surface area contributed by atoms with Gasteiger partial charge >= 0.3 is 0 Å². The van der Waals surface area contributed by atoms with Gasteiger partial charge in [0, 0.05) is 19.2 Å². The first kappa shape index (κ1) is 12.6. The number of aryl methyl sites for hydroxylation is 2. The van der Waals surface area contributed by atoms with Gasteiger partial charge in [0.15, 0.2) is 0 Å². The third kappa shape index (κ3) is 3.08. The Morgan fingerprint density at radius 1 is 1.29 bits per heavy atom. The van der Waals surface area contributed by atoms with Crippen LogP contribution >= 0.6 is 0 Å². The zero-order valence-electron chi connectivity index (χ0n) is 10.9. The molecule has 1 fully saturated rings. The average molecular weight is 233 g/mol. The number of rotatable bonds is 4. The van der Waals surface area contributed by atoms with Gasteiger partial charge in [0.05, 0.1) is 0 Å². The van der Waals surface area contributed by atoms with E-state index in [2.05, 4.69) is 37.4 Å². The van der Waals surface area contributed by atoms with Crippen LogP contribution in [-0.4, -0.2) is 17.8 Å². The number of aliphatic hydroxyl groups excluding tert-OH is 1. The molecule has 0 saturated heterocycles. The largest absolute Gasteiger partial charge is 0.396 e. The Hall–Kier alpha value is -0.860. The predicted octanol–water partition coefficient (Wildman–Crippen LogP) is 2.55. The van der Waals surface area contributed by atoms with Crippen LogP contribution in [0.25, 0.3) is 0 Å². The molecule has 0 radical (unpaired) electrons. The van der Waals surface area contributed by atoms with E-state index in [4.69, 9.17) is 0 Å². The van der Waals surface area contributed by atoms with Crippen molar-refractivity contribution in [2.45, 2.75) is 45.7 Å². The van der Waals surface area contributed by atoms with E-state index in [1.807, 2.05) is 0 Å². The van der Waals surface area contributed by atoms with Crippen LogP contribution in [0.4, 0.5) is 0 Å². The van der Waals surface area contributed by atoms with E-state index in [0.29, 0.717) is 18.6 Å². The zero-order valence-corrected chi connectivity index (χ0v) is 10.9.